The number of benzene rings is 1. The molecule has 8 heteroatoms. The molecule has 0 aromatic heterocycles. The molecule has 0 aliphatic rings. The summed E-state index contributed by atoms with van der Waals surface area (Å²) < 4.78 is 0. The van der Waals surface area contributed by atoms with E-state index >= 15 is 0 Å². The maximum atomic E-state index is 11.7. The smallest absolute Gasteiger partial charge is 0.326 e. The number of hydrogen-bond donors (Lipinski definition) is 3. The second kappa shape index (κ2) is 8.53. The molecule has 0 radical (unpaired) electrons. The quantitative estimate of drug-likeness (QED) is 0.622. The molecule has 0 fully saturated rings. The van der Waals surface area contributed by atoms with Gasteiger partial charge in [-0.05, 0) is 30.7 Å². The number of hydrogen-bond acceptors (Lipinski definition) is 4. The molecule has 0 spiro atoms. The van der Waals surface area contributed by atoms with Crippen LogP contribution in [0.2, 0.25) is 5.02 Å². The number of halogens is 1. The minimum Gasteiger partial charge on any atom is -0.480 e. The Hall–Kier alpha value is -1.73. The van der Waals surface area contributed by atoms with Crippen LogP contribution in [-0.4, -0.2) is 34.7 Å². The van der Waals surface area contributed by atoms with Crippen LogP contribution < -0.4 is 11.1 Å². The maximum absolute atomic E-state index is 11.7. The molecule has 0 saturated carbocycles. The third-order valence-electron chi connectivity index (χ3n) is 2.50. The summed E-state index contributed by atoms with van der Waals surface area (Å²) in [5, 5.41) is 11.9. The van der Waals surface area contributed by atoms with Crippen molar-refractivity contribution in [2.45, 2.75) is 23.8 Å². The van der Waals surface area contributed by atoms with E-state index in [1.54, 1.807) is 24.3 Å². The van der Waals surface area contributed by atoms with Crippen LogP contribution in [0.4, 0.5) is 0 Å². The summed E-state index contributed by atoms with van der Waals surface area (Å²) in [5.41, 5.74) is 4.96. The van der Waals surface area contributed by atoms with Crippen LogP contribution >= 0.6 is 23.4 Å². The maximum Gasteiger partial charge on any atom is 0.326 e. The predicted octanol–water partition coefficient (Wildman–Crippen LogP) is 1.27. The molecule has 2 amide bonds. The molecule has 0 heterocycles. The number of nitrogens with two attached hydrogens (primary N) is 1. The highest BCUT2D eigenvalue weighted by molar-refractivity contribution is 8.00. The zero-order chi connectivity index (χ0) is 15.8. The lowest BCUT2D eigenvalue weighted by Gasteiger charge is -2.13. The van der Waals surface area contributed by atoms with Crippen LogP contribution in [0.15, 0.2) is 29.2 Å². The highest BCUT2D eigenvalue weighted by Crippen LogP contribution is 2.20. The Labute approximate surface area is 131 Å². The molecule has 4 N–H and O–H groups in total. The Morgan fingerprint density at radius 1 is 1.29 bits per heavy atom. The van der Waals surface area contributed by atoms with E-state index in [9.17, 15) is 14.4 Å². The van der Waals surface area contributed by atoms with Gasteiger partial charge in [-0.3, -0.25) is 9.59 Å². The number of aliphatic carboxylic acids is 1. The van der Waals surface area contributed by atoms with Gasteiger partial charge in [0.2, 0.25) is 11.8 Å². The zero-order valence-electron chi connectivity index (χ0n) is 11.0. The van der Waals surface area contributed by atoms with Crippen molar-refractivity contribution in [3.05, 3.63) is 29.3 Å². The van der Waals surface area contributed by atoms with Crippen LogP contribution in [0.5, 0.6) is 0 Å². The molecule has 0 aliphatic carbocycles. The van der Waals surface area contributed by atoms with Gasteiger partial charge in [0.05, 0.1) is 5.75 Å². The third-order valence-corrected chi connectivity index (χ3v) is 3.76. The lowest BCUT2D eigenvalue weighted by atomic mass is 10.1. The number of carboxylic acid groups (broad SMARTS) is 1. The molecule has 1 aromatic rings. The van der Waals surface area contributed by atoms with E-state index in [0.717, 1.165) is 4.90 Å². The molecule has 1 unspecified atom stereocenters. The Bertz CT molecular complexity index is 521. The van der Waals surface area contributed by atoms with E-state index in [2.05, 4.69) is 5.32 Å². The fourth-order valence-corrected chi connectivity index (χ4v) is 2.30. The zero-order valence-corrected chi connectivity index (χ0v) is 12.6. The number of amides is 2. The van der Waals surface area contributed by atoms with Crippen LogP contribution in [0, 0.1) is 0 Å². The van der Waals surface area contributed by atoms with Gasteiger partial charge in [-0.1, -0.05) is 11.6 Å². The fourth-order valence-electron chi connectivity index (χ4n) is 1.46. The average molecular weight is 331 g/mol. The van der Waals surface area contributed by atoms with Crippen molar-refractivity contribution in [1.82, 2.24) is 5.32 Å². The normalized spacial score (nSPS) is 11.7. The van der Waals surface area contributed by atoms with Crippen molar-refractivity contribution in [1.29, 1.82) is 0 Å². The molecule has 1 atom stereocenters. The van der Waals surface area contributed by atoms with Crippen LogP contribution in [0.25, 0.3) is 0 Å². The lowest BCUT2D eigenvalue weighted by molar-refractivity contribution is -0.141. The summed E-state index contributed by atoms with van der Waals surface area (Å²) in [6.45, 7) is 0. The summed E-state index contributed by atoms with van der Waals surface area (Å²) in [4.78, 5) is 34.2. The van der Waals surface area contributed by atoms with Gasteiger partial charge in [0.15, 0.2) is 0 Å². The number of carbonyl (C=O) groups excluding carboxylic acids is 2. The van der Waals surface area contributed by atoms with Gasteiger partial charge in [-0.15, -0.1) is 11.8 Å². The minimum atomic E-state index is -1.19. The van der Waals surface area contributed by atoms with Gasteiger partial charge in [0.1, 0.15) is 6.04 Å². The molecular weight excluding hydrogens is 316 g/mol. The third kappa shape index (κ3) is 7.01. The van der Waals surface area contributed by atoms with Gasteiger partial charge in [0.25, 0.3) is 0 Å². The summed E-state index contributed by atoms with van der Waals surface area (Å²) in [6.07, 6.45) is -0.121. The van der Waals surface area contributed by atoms with E-state index in [0.29, 0.717) is 5.02 Å². The van der Waals surface area contributed by atoms with Gasteiger partial charge in [0, 0.05) is 16.3 Å². The fraction of sp³-hybridized carbons (Fsp3) is 0.308. The van der Waals surface area contributed by atoms with E-state index < -0.39 is 23.8 Å². The van der Waals surface area contributed by atoms with Gasteiger partial charge >= 0.3 is 5.97 Å². The van der Waals surface area contributed by atoms with Crippen molar-refractivity contribution in [2.24, 2.45) is 5.73 Å². The first-order valence-corrected chi connectivity index (χ1v) is 7.43. The number of carbonyl (C=O) groups is 3. The number of thioether (sulfide) groups is 1. The molecule has 0 aliphatic heterocycles. The van der Waals surface area contributed by atoms with E-state index in [-0.39, 0.29) is 18.6 Å². The molecule has 21 heavy (non-hydrogen) atoms. The molecule has 1 aromatic carbocycles. The Balaban J connectivity index is 2.44. The van der Waals surface area contributed by atoms with Crippen molar-refractivity contribution in [3.63, 3.8) is 0 Å². The second-order valence-electron chi connectivity index (χ2n) is 4.21. The second-order valence-corrected chi connectivity index (χ2v) is 5.69. The highest BCUT2D eigenvalue weighted by Gasteiger charge is 2.20. The number of primary amides is 1. The topological polar surface area (TPSA) is 109 Å². The summed E-state index contributed by atoms with van der Waals surface area (Å²) >= 11 is 7.01. The van der Waals surface area contributed by atoms with Crippen LogP contribution in [0.1, 0.15) is 12.8 Å². The Morgan fingerprint density at radius 2 is 1.90 bits per heavy atom. The number of rotatable bonds is 8. The van der Waals surface area contributed by atoms with Crippen LogP contribution in [-0.2, 0) is 14.4 Å². The predicted molar refractivity (Wildman–Crippen MR) is 80.2 cm³/mol. The largest absolute Gasteiger partial charge is 0.480 e. The first kappa shape index (κ1) is 17.3. The summed E-state index contributed by atoms with van der Waals surface area (Å²) in [6, 6.07) is 5.82. The molecule has 1 rings (SSSR count). The Kier molecular flexibility index (Phi) is 7.04. The molecule has 0 bridgehead atoms. The van der Waals surface area contributed by atoms with Gasteiger partial charge in [-0.25, -0.2) is 4.79 Å². The standard InChI is InChI=1S/C13H15ClN2O4S/c14-8-1-3-9(4-2-8)21-7-12(18)16-10(13(19)20)5-6-11(15)17/h1-4,10H,5-7H2,(H2,15,17)(H,16,18)(H,19,20). The summed E-state index contributed by atoms with van der Waals surface area (Å²) in [7, 11) is 0. The molecule has 6 nitrogen and oxygen atoms in total. The van der Waals surface area contributed by atoms with Crippen molar-refractivity contribution < 1.29 is 19.5 Å². The average Bonchev–Trinajstić information content (AvgIpc) is 2.42. The SMILES string of the molecule is NC(=O)CCC(NC(=O)CSc1ccc(Cl)cc1)C(=O)O. The van der Waals surface area contributed by atoms with Crippen LogP contribution in [0.3, 0.4) is 0 Å². The Morgan fingerprint density at radius 3 is 2.43 bits per heavy atom. The highest BCUT2D eigenvalue weighted by atomic mass is 35.5. The number of carboxylic acids is 1. The summed E-state index contributed by atoms with van der Waals surface area (Å²) in [5.74, 6) is -2.15. The molecule has 0 saturated heterocycles. The minimum absolute atomic E-state index is 0.0258. The number of nitrogens with one attached hydrogen (secondary N) is 1. The first-order chi connectivity index (χ1) is 9.88. The van der Waals surface area contributed by atoms with Gasteiger partial charge in [-0.2, -0.15) is 0 Å². The lowest BCUT2D eigenvalue weighted by Crippen LogP contribution is -2.42. The van der Waals surface area contributed by atoms with E-state index in [4.69, 9.17) is 22.4 Å². The van der Waals surface area contributed by atoms with E-state index in [1.807, 2.05) is 0 Å². The molecule has 114 valence electrons. The molecular formula is C13H15ClN2O4S. The van der Waals surface area contributed by atoms with Crippen molar-refractivity contribution in [2.75, 3.05) is 5.75 Å². The first-order valence-electron chi connectivity index (χ1n) is 6.07. The van der Waals surface area contributed by atoms with Gasteiger partial charge < -0.3 is 16.2 Å². The van der Waals surface area contributed by atoms with E-state index in [1.165, 1.54) is 11.8 Å². The monoisotopic (exact) mass is 330 g/mol. The van der Waals surface area contributed by atoms with Crippen molar-refractivity contribution in [3.8, 4) is 0 Å². The van der Waals surface area contributed by atoms with Crippen molar-refractivity contribution >= 4 is 41.1 Å².